The van der Waals surface area contributed by atoms with Gasteiger partial charge in [-0.2, -0.15) is 0 Å². The van der Waals surface area contributed by atoms with Crippen LogP contribution in [0.15, 0.2) is 0 Å². The van der Waals surface area contributed by atoms with Crippen molar-refractivity contribution in [3.63, 3.8) is 0 Å². The third-order valence-electron chi connectivity index (χ3n) is 3.35. The van der Waals surface area contributed by atoms with Crippen LogP contribution in [0.25, 0.3) is 0 Å². The Morgan fingerprint density at radius 1 is 1.29 bits per heavy atom. The summed E-state index contributed by atoms with van der Waals surface area (Å²) in [7, 11) is 0. The summed E-state index contributed by atoms with van der Waals surface area (Å²) >= 11 is 0. The van der Waals surface area contributed by atoms with Crippen molar-refractivity contribution in [2.45, 2.75) is 52.0 Å². The SMILES string of the molecule is CCCC(N)CCN1CCC(C)CC1. The van der Waals surface area contributed by atoms with E-state index in [4.69, 9.17) is 5.73 Å². The van der Waals surface area contributed by atoms with Gasteiger partial charge < -0.3 is 10.6 Å². The third-order valence-corrected chi connectivity index (χ3v) is 3.35. The second-order valence-corrected chi connectivity index (χ2v) is 4.86. The van der Waals surface area contributed by atoms with Gasteiger partial charge in [-0.25, -0.2) is 0 Å². The van der Waals surface area contributed by atoms with Crippen LogP contribution in [0.4, 0.5) is 0 Å². The summed E-state index contributed by atoms with van der Waals surface area (Å²) in [6.07, 6.45) is 6.34. The molecule has 1 rings (SSSR count). The fraction of sp³-hybridized carbons (Fsp3) is 1.00. The fourth-order valence-corrected chi connectivity index (χ4v) is 2.15. The van der Waals surface area contributed by atoms with Gasteiger partial charge in [-0.05, 0) is 51.2 Å². The Labute approximate surface area is 88.8 Å². The number of piperidine rings is 1. The zero-order valence-electron chi connectivity index (χ0n) is 9.84. The van der Waals surface area contributed by atoms with Gasteiger partial charge in [0.2, 0.25) is 0 Å². The van der Waals surface area contributed by atoms with Crippen LogP contribution in [0.5, 0.6) is 0 Å². The minimum absolute atomic E-state index is 0.430. The molecule has 0 aromatic carbocycles. The minimum Gasteiger partial charge on any atom is -0.328 e. The van der Waals surface area contributed by atoms with Gasteiger partial charge in [-0.1, -0.05) is 20.3 Å². The molecule has 0 aromatic rings. The monoisotopic (exact) mass is 198 g/mol. The first-order valence-corrected chi connectivity index (χ1v) is 6.20. The van der Waals surface area contributed by atoms with E-state index >= 15 is 0 Å². The fourth-order valence-electron chi connectivity index (χ4n) is 2.15. The Hall–Kier alpha value is -0.0800. The van der Waals surface area contributed by atoms with Crippen LogP contribution in [0.2, 0.25) is 0 Å². The highest BCUT2D eigenvalue weighted by molar-refractivity contribution is 4.71. The van der Waals surface area contributed by atoms with Crippen molar-refractivity contribution in [1.82, 2.24) is 4.90 Å². The molecule has 2 nitrogen and oxygen atoms in total. The molecule has 0 saturated carbocycles. The van der Waals surface area contributed by atoms with E-state index in [1.807, 2.05) is 0 Å². The van der Waals surface area contributed by atoms with E-state index in [0.29, 0.717) is 6.04 Å². The Kier molecular flexibility index (Phi) is 5.49. The van der Waals surface area contributed by atoms with E-state index < -0.39 is 0 Å². The number of nitrogens with two attached hydrogens (primary N) is 1. The molecule has 1 saturated heterocycles. The van der Waals surface area contributed by atoms with Crippen molar-refractivity contribution in [2.24, 2.45) is 11.7 Å². The van der Waals surface area contributed by atoms with Crippen LogP contribution in [0.3, 0.4) is 0 Å². The smallest absolute Gasteiger partial charge is 0.00509 e. The van der Waals surface area contributed by atoms with E-state index in [-0.39, 0.29) is 0 Å². The lowest BCUT2D eigenvalue weighted by molar-refractivity contribution is 0.186. The van der Waals surface area contributed by atoms with Gasteiger partial charge in [0.05, 0.1) is 0 Å². The summed E-state index contributed by atoms with van der Waals surface area (Å²) in [5, 5.41) is 0. The molecule has 14 heavy (non-hydrogen) atoms. The molecule has 1 heterocycles. The summed E-state index contributed by atoms with van der Waals surface area (Å²) in [6.45, 7) is 8.37. The van der Waals surface area contributed by atoms with Gasteiger partial charge in [0, 0.05) is 6.04 Å². The number of rotatable bonds is 5. The van der Waals surface area contributed by atoms with Crippen LogP contribution < -0.4 is 5.73 Å². The van der Waals surface area contributed by atoms with E-state index in [0.717, 1.165) is 5.92 Å². The highest BCUT2D eigenvalue weighted by atomic mass is 15.1. The molecule has 1 aliphatic rings. The predicted molar refractivity (Wildman–Crippen MR) is 62.3 cm³/mol. The molecule has 1 unspecified atom stereocenters. The van der Waals surface area contributed by atoms with Gasteiger partial charge in [-0.3, -0.25) is 0 Å². The molecule has 2 N–H and O–H groups in total. The molecule has 0 bridgehead atoms. The number of nitrogens with zero attached hydrogens (tertiary/aromatic N) is 1. The van der Waals surface area contributed by atoms with Crippen LogP contribution in [-0.4, -0.2) is 30.6 Å². The van der Waals surface area contributed by atoms with Crippen molar-refractivity contribution < 1.29 is 0 Å². The summed E-state index contributed by atoms with van der Waals surface area (Å²) in [4.78, 5) is 2.58. The van der Waals surface area contributed by atoms with Crippen molar-refractivity contribution in [3.8, 4) is 0 Å². The molecule has 0 radical (unpaired) electrons. The van der Waals surface area contributed by atoms with E-state index in [9.17, 15) is 0 Å². The lowest BCUT2D eigenvalue weighted by Crippen LogP contribution is -2.36. The van der Waals surface area contributed by atoms with Crippen LogP contribution in [-0.2, 0) is 0 Å². The summed E-state index contributed by atoms with van der Waals surface area (Å²) < 4.78 is 0. The second kappa shape index (κ2) is 6.41. The second-order valence-electron chi connectivity index (χ2n) is 4.86. The molecule has 1 fully saturated rings. The van der Waals surface area contributed by atoms with E-state index in [1.165, 1.54) is 51.7 Å². The van der Waals surface area contributed by atoms with Crippen molar-refractivity contribution in [2.75, 3.05) is 19.6 Å². The molecule has 0 aliphatic carbocycles. The van der Waals surface area contributed by atoms with Crippen LogP contribution in [0.1, 0.15) is 46.0 Å². The average Bonchev–Trinajstić information content (AvgIpc) is 2.17. The van der Waals surface area contributed by atoms with Gasteiger partial charge in [0.15, 0.2) is 0 Å². The molecule has 0 amide bonds. The molecule has 84 valence electrons. The zero-order valence-corrected chi connectivity index (χ0v) is 9.84. The summed E-state index contributed by atoms with van der Waals surface area (Å²) in [5.74, 6) is 0.940. The highest BCUT2D eigenvalue weighted by Gasteiger charge is 2.15. The molecule has 1 atom stereocenters. The average molecular weight is 198 g/mol. The van der Waals surface area contributed by atoms with Crippen LogP contribution in [0, 0.1) is 5.92 Å². The molecule has 2 heteroatoms. The lowest BCUT2D eigenvalue weighted by Gasteiger charge is -2.30. The Morgan fingerprint density at radius 3 is 2.50 bits per heavy atom. The van der Waals surface area contributed by atoms with Crippen LogP contribution >= 0.6 is 0 Å². The zero-order chi connectivity index (χ0) is 10.4. The highest BCUT2D eigenvalue weighted by Crippen LogP contribution is 2.16. The molecular weight excluding hydrogens is 172 g/mol. The third kappa shape index (κ3) is 4.43. The van der Waals surface area contributed by atoms with E-state index in [2.05, 4.69) is 18.7 Å². The largest absolute Gasteiger partial charge is 0.328 e. The number of hydrogen-bond donors (Lipinski definition) is 1. The van der Waals surface area contributed by atoms with Crippen molar-refractivity contribution >= 4 is 0 Å². The van der Waals surface area contributed by atoms with Gasteiger partial charge in [0.1, 0.15) is 0 Å². The summed E-state index contributed by atoms with van der Waals surface area (Å²) in [6, 6.07) is 0.430. The van der Waals surface area contributed by atoms with E-state index in [1.54, 1.807) is 0 Å². The first-order chi connectivity index (χ1) is 6.72. The first kappa shape index (κ1) is 12.0. The maximum Gasteiger partial charge on any atom is 0.00509 e. The summed E-state index contributed by atoms with van der Waals surface area (Å²) in [5.41, 5.74) is 6.00. The molecular formula is C12H26N2. The van der Waals surface area contributed by atoms with Crippen molar-refractivity contribution in [3.05, 3.63) is 0 Å². The Balaban J connectivity index is 2.06. The van der Waals surface area contributed by atoms with Gasteiger partial charge in [0.25, 0.3) is 0 Å². The normalized spacial score (nSPS) is 22.5. The number of hydrogen-bond acceptors (Lipinski definition) is 2. The minimum atomic E-state index is 0.430. The Bertz CT molecular complexity index is 139. The lowest BCUT2D eigenvalue weighted by atomic mass is 9.99. The Morgan fingerprint density at radius 2 is 1.93 bits per heavy atom. The quantitative estimate of drug-likeness (QED) is 0.734. The molecule has 0 spiro atoms. The molecule has 0 aromatic heterocycles. The van der Waals surface area contributed by atoms with Crippen molar-refractivity contribution in [1.29, 1.82) is 0 Å². The first-order valence-electron chi connectivity index (χ1n) is 6.20. The maximum absolute atomic E-state index is 6.00. The maximum atomic E-state index is 6.00. The topological polar surface area (TPSA) is 29.3 Å². The standard InChI is InChI=1S/C12H26N2/c1-3-4-12(13)7-10-14-8-5-11(2)6-9-14/h11-12H,3-10,13H2,1-2H3. The predicted octanol–water partition coefficient (Wildman–Crippen LogP) is 2.24. The van der Waals surface area contributed by atoms with Gasteiger partial charge >= 0.3 is 0 Å². The van der Waals surface area contributed by atoms with Gasteiger partial charge in [-0.15, -0.1) is 0 Å². The number of likely N-dealkylation sites (tertiary alicyclic amines) is 1. The molecule has 1 aliphatic heterocycles.